The molecule has 6 atom stereocenters. The van der Waals surface area contributed by atoms with Gasteiger partial charge in [0.25, 0.3) is 5.91 Å². The van der Waals surface area contributed by atoms with E-state index >= 15 is 0 Å². The summed E-state index contributed by atoms with van der Waals surface area (Å²) in [5.41, 5.74) is 6.84. The molecule has 0 aromatic heterocycles. The molecule has 0 spiro atoms. The van der Waals surface area contributed by atoms with Crippen molar-refractivity contribution in [1.82, 2.24) is 5.32 Å². The van der Waals surface area contributed by atoms with Crippen molar-refractivity contribution in [3.05, 3.63) is 58.0 Å². The second-order valence-electron chi connectivity index (χ2n) is 10.1. The van der Waals surface area contributed by atoms with Gasteiger partial charge in [0, 0.05) is 37.4 Å². The van der Waals surface area contributed by atoms with Gasteiger partial charge in [-0.15, -0.1) is 0 Å². The minimum atomic E-state index is -0.914. The predicted octanol–water partition coefficient (Wildman–Crippen LogP) is 1.55. The molecule has 3 aliphatic rings. The van der Waals surface area contributed by atoms with Gasteiger partial charge >= 0.3 is 5.97 Å². The molecule has 0 saturated carbocycles. The van der Waals surface area contributed by atoms with Gasteiger partial charge in [-0.2, -0.15) is 0 Å². The first kappa shape index (κ1) is 29.2. The highest BCUT2D eigenvalue weighted by molar-refractivity contribution is 6.23. The average molecular weight is 529 g/mol. The molecule has 0 aromatic carbocycles. The summed E-state index contributed by atoms with van der Waals surface area (Å²) in [6.07, 6.45) is 3.28. The number of amides is 1. The minimum absolute atomic E-state index is 0.109. The Morgan fingerprint density at radius 2 is 1.76 bits per heavy atom. The summed E-state index contributed by atoms with van der Waals surface area (Å²) >= 11 is 0. The minimum Gasteiger partial charge on any atom is -0.451 e. The van der Waals surface area contributed by atoms with Crippen LogP contribution in [0.3, 0.4) is 0 Å². The van der Waals surface area contributed by atoms with Crippen molar-refractivity contribution in [3.63, 3.8) is 0 Å². The molecule has 0 radical (unpaired) electrons. The number of Topliss-reactive ketones (excluding diaryl/α,β-unsaturated/α-hetero) is 1. The molecule has 1 amide bonds. The number of carbonyl (C=O) groups is 4. The number of hydrogen-bond donors (Lipinski definition) is 3. The number of esters is 1. The molecule has 2 aliphatic heterocycles. The summed E-state index contributed by atoms with van der Waals surface area (Å²) in [6.45, 7) is 7.00. The summed E-state index contributed by atoms with van der Waals surface area (Å²) in [5.74, 6) is -2.90. The number of hydrogen-bond acceptors (Lipinski definition) is 9. The topological polar surface area (TPSA) is 154 Å². The van der Waals surface area contributed by atoms with Gasteiger partial charge in [0.2, 0.25) is 11.6 Å². The van der Waals surface area contributed by atoms with E-state index in [4.69, 9.17) is 19.9 Å². The number of nitrogens with one attached hydrogen (secondary N) is 1. The SMILES string of the molecule is CO[C@H]1C[C@H](C)CC2=C(N)C(=O)C=C(NC(=O)/C(C)=C/C=C3/C(=O)O[C@@H](/C(C)=C/[C@H](C)[C@H]1O)[C@H]3OC)C2=O. The maximum atomic E-state index is 13.2. The molecule has 10 nitrogen and oxygen atoms in total. The van der Waals surface area contributed by atoms with Crippen molar-refractivity contribution >= 4 is 23.4 Å². The zero-order valence-electron chi connectivity index (χ0n) is 22.6. The van der Waals surface area contributed by atoms with E-state index < -0.39 is 47.9 Å². The number of allylic oxidation sites excluding steroid dienone is 4. The number of methoxy groups -OCH3 is 2. The lowest BCUT2D eigenvalue weighted by molar-refractivity contribution is -0.138. The van der Waals surface area contributed by atoms with Crippen LogP contribution >= 0.6 is 0 Å². The fourth-order valence-electron chi connectivity index (χ4n) is 4.93. The van der Waals surface area contributed by atoms with Crippen LogP contribution in [0.5, 0.6) is 0 Å². The Hall–Kier alpha value is -3.34. The molecule has 4 N–H and O–H groups in total. The molecule has 1 fully saturated rings. The predicted molar refractivity (Wildman–Crippen MR) is 138 cm³/mol. The van der Waals surface area contributed by atoms with Gasteiger partial charge in [0.15, 0.2) is 6.10 Å². The van der Waals surface area contributed by atoms with Crippen LogP contribution in [0, 0.1) is 11.8 Å². The lowest BCUT2D eigenvalue weighted by atomic mass is 9.85. The number of fused-ring (bicyclic) bond motifs is 4. The highest BCUT2D eigenvalue weighted by atomic mass is 16.6. The van der Waals surface area contributed by atoms with Gasteiger partial charge in [0.05, 0.1) is 29.2 Å². The Labute approximate surface area is 222 Å². The normalized spacial score (nSPS) is 35.9. The molecular formula is C28H36N2O8. The Balaban J connectivity index is 2.07. The van der Waals surface area contributed by atoms with E-state index in [0.717, 1.165) is 6.08 Å². The monoisotopic (exact) mass is 528 g/mol. The Morgan fingerprint density at radius 1 is 1.08 bits per heavy atom. The van der Waals surface area contributed by atoms with E-state index in [0.29, 0.717) is 12.0 Å². The van der Waals surface area contributed by atoms with Crippen molar-refractivity contribution < 1.29 is 38.5 Å². The number of aliphatic hydroxyl groups is 1. The number of carbonyl (C=O) groups excluding carboxylic acids is 4. The third-order valence-electron chi connectivity index (χ3n) is 7.19. The van der Waals surface area contributed by atoms with E-state index in [1.807, 2.05) is 19.9 Å². The summed E-state index contributed by atoms with van der Waals surface area (Å²) in [6, 6.07) is 0. The van der Waals surface area contributed by atoms with Crippen molar-refractivity contribution in [2.75, 3.05) is 14.2 Å². The first-order valence-corrected chi connectivity index (χ1v) is 12.5. The maximum Gasteiger partial charge on any atom is 0.337 e. The largest absolute Gasteiger partial charge is 0.451 e. The number of ketones is 2. The molecular weight excluding hydrogens is 492 g/mol. The van der Waals surface area contributed by atoms with Crippen LogP contribution in [0.15, 0.2) is 58.0 Å². The van der Waals surface area contributed by atoms with Crippen LogP contribution in [-0.4, -0.2) is 67.2 Å². The van der Waals surface area contributed by atoms with Crippen LogP contribution in [-0.2, 0) is 33.4 Å². The third kappa shape index (κ3) is 6.03. The summed E-state index contributed by atoms with van der Waals surface area (Å²) in [7, 11) is 2.94. The molecule has 2 heterocycles. The quantitative estimate of drug-likeness (QED) is 0.275. The van der Waals surface area contributed by atoms with Gasteiger partial charge in [-0.25, -0.2) is 4.79 Å². The molecule has 38 heavy (non-hydrogen) atoms. The van der Waals surface area contributed by atoms with E-state index in [1.54, 1.807) is 6.92 Å². The van der Waals surface area contributed by atoms with E-state index in [9.17, 15) is 24.3 Å². The number of ether oxygens (including phenoxy) is 3. The molecule has 4 bridgehead atoms. The van der Waals surface area contributed by atoms with Crippen LogP contribution < -0.4 is 11.1 Å². The van der Waals surface area contributed by atoms with Crippen molar-refractivity contribution in [1.29, 1.82) is 0 Å². The van der Waals surface area contributed by atoms with Gasteiger partial charge < -0.3 is 30.4 Å². The van der Waals surface area contributed by atoms with Crippen LogP contribution in [0.25, 0.3) is 0 Å². The highest BCUT2D eigenvalue weighted by Gasteiger charge is 2.41. The number of rotatable bonds is 2. The van der Waals surface area contributed by atoms with Gasteiger partial charge in [-0.1, -0.05) is 26.0 Å². The molecule has 1 aliphatic carbocycles. The lowest BCUT2D eigenvalue weighted by Crippen LogP contribution is -2.36. The molecule has 0 aromatic rings. The first-order valence-electron chi connectivity index (χ1n) is 12.5. The molecule has 206 valence electrons. The number of aliphatic hydroxyl groups excluding tert-OH is 1. The Bertz CT molecular complexity index is 1180. The van der Waals surface area contributed by atoms with Crippen molar-refractivity contribution in [3.8, 4) is 0 Å². The second-order valence-corrected chi connectivity index (χ2v) is 10.1. The first-order chi connectivity index (χ1) is 17.9. The molecule has 3 rings (SSSR count). The molecule has 1 saturated heterocycles. The van der Waals surface area contributed by atoms with Crippen LogP contribution in [0.4, 0.5) is 0 Å². The zero-order valence-corrected chi connectivity index (χ0v) is 22.6. The Kier molecular flexibility index (Phi) is 9.24. The van der Waals surface area contributed by atoms with E-state index in [-0.39, 0.29) is 46.4 Å². The summed E-state index contributed by atoms with van der Waals surface area (Å²) in [5, 5.41) is 13.6. The standard InChI is InChI=1S/C28H36N2O8/c1-13-9-18-22(29)20(31)12-19(24(18)33)30-27(34)14(2)7-8-17-26(37-6)25(38-28(17)35)16(4)11-15(3)23(32)21(10-13)36-5/h7-8,11-13,15,21,23,25-26,32H,9-10,29H2,1-6H3,(H,30,34)/b14-7+,16-11+,17-8+/t13-,15+,21+,23-,25+,26+/m1/s1. The summed E-state index contributed by atoms with van der Waals surface area (Å²) in [4.78, 5) is 51.2. The number of nitrogens with two attached hydrogens (primary N) is 1. The van der Waals surface area contributed by atoms with Crippen molar-refractivity contribution in [2.45, 2.75) is 65.0 Å². The molecule has 10 heteroatoms. The van der Waals surface area contributed by atoms with Gasteiger partial charge in [0.1, 0.15) is 6.10 Å². The zero-order chi connectivity index (χ0) is 28.3. The average Bonchev–Trinajstić information content (AvgIpc) is 3.20. The third-order valence-corrected chi connectivity index (χ3v) is 7.19. The fourth-order valence-corrected chi connectivity index (χ4v) is 4.93. The second kappa shape index (κ2) is 12.0. The fraction of sp³-hybridized carbons (Fsp3) is 0.500. The summed E-state index contributed by atoms with van der Waals surface area (Å²) < 4.78 is 16.7. The van der Waals surface area contributed by atoms with Gasteiger partial charge in [-0.3, -0.25) is 14.4 Å². The van der Waals surface area contributed by atoms with Crippen molar-refractivity contribution in [2.24, 2.45) is 17.6 Å². The molecule has 0 unspecified atom stereocenters. The van der Waals surface area contributed by atoms with Crippen LogP contribution in [0.2, 0.25) is 0 Å². The Morgan fingerprint density at radius 3 is 2.39 bits per heavy atom. The lowest BCUT2D eigenvalue weighted by Gasteiger charge is -2.29. The van der Waals surface area contributed by atoms with E-state index in [2.05, 4.69) is 5.32 Å². The smallest absolute Gasteiger partial charge is 0.337 e. The van der Waals surface area contributed by atoms with E-state index in [1.165, 1.54) is 33.3 Å². The maximum absolute atomic E-state index is 13.2. The highest BCUT2D eigenvalue weighted by Crippen LogP contribution is 2.31. The van der Waals surface area contributed by atoms with Gasteiger partial charge in [-0.05, 0) is 44.3 Å². The van der Waals surface area contributed by atoms with Crippen LogP contribution in [0.1, 0.15) is 40.5 Å².